The lowest BCUT2D eigenvalue weighted by Gasteiger charge is -2.30. The first-order valence-corrected chi connectivity index (χ1v) is 10.2. The van der Waals surface area contributed by atoms with Gasteiger partial charge < -0.3 is 14.8 Å². The van der Waals surface area contributed by atoms with Crippen LogP contribution in [-0.2, 0) is 24.3 Å². The zero-order valence-corrected chi connectivity index (χ0v) is 16.8. The molecule has 2 heterocycles. The van der Waals surface area contributed by atoms with E-state index in [1.165, 1.54) is 11.1 Å². The van der Waals surface area contributed by atoms with Crippen LogP contribution in [0.5, 0.6) is 5.75 Å². The first kappa shape index (κ1) is 19.6. The Labute approximate surface area is 171 Å². The molecule has 1 saturated heterocycles. The minimum atomic E-state index is 0.107. The lowest BCUT2D eigenvalue weighted by Crippen LogP contribution is -2.41. The molecule has 0 radical (unpaired) electrons. The van der Waals surface area contributed by atoms with Crippen LogP contribution in [0, 0.1) is 0 Å². The first-order valence-electron chi connectivity index (χ1n) is 10.2. The summed E-state index contributed by atoms with van der Waals surface area (Å²) in [5.41, 5.74) is 3.48. The van der Waals surface area contributed by atoms with Crippen LogP contribution in [0.4, 0.5) is 0 Å². The van der Waals surface area contributed by atoms with Gasteiger partial charge in [-0.3, -0.25) is 4.68 Å². The summed E-state index contributed by atoms with van der Waals surface area (Å²) < 4.78 is 13.4. The highest BCUT2D eigenvalue weighted by molar-refractivity contribution is 5.27. The number of ether oxygens (including phenoxy) is 2. The van der Waals surface area contributed by atoms with E-state index < -0.39 is 0 Å². The molecule has 0 spiro atoms. The number of nitrogens with one attached hydrogen (secondary N) is 1. The summed E-state index contributed by atoms with van der Waals surface area (Å²) in [5.74, 6) is 1.15. The van der Waals surface area contributed by atoms with Gasteiger partial charge in [0, 0.05) is 25.2 Å². The van der Waals surface area contributed by atoms with Gasteiger partial charge in [0.2, 0.25) is 0 Å². The Hall–Kier alpha value is -2.70. The summed E-state index contributed by atoms with van der Waals surface area (Å²) in [6.07, 6.45) is 4.11. The Morgan fingerprint density at radius 3 is 2.69 bits per heavy atom. The third-order valence-corrected chi connectivity index (χ3v) is 5.46. The topological polar surface area (TPSA) is 61.2 Å². The maximum absolute atomic E-state index is 6.25. The van der Waals surface area contributed by atoms with E-state index in [2.05, 4.69) is 46.1 Å². The molecule has 2 atom stereocenters. The van der Waals surface area contributed by atoms with E-state index in [0.717, 1.165) is 43.9 Å². The standard InChI is InChI=1S/C23H28N4O2/c1-28-20-9-7-18(8-10-20)12-14-27-16-22(25-26-27)21-11-13-24-15-23(21)29-17-19-5-3-2-4-6-19/h2-10,16,21,23-24H,11-15,17H2,1H3/t21-,23+/m1/s1. The minimum Gasteiger partial charge on any atom is -0.497 e. The number of rotatable bonds is 8. The van der Waals surface area contributed by atoms with Crippen molar-refractivity contribution in [1.82, 2.24) is 20.3 Å². The van der Waals surface area contributed by atoms with Crippen molar-refractivity contribution in [2.45, 2.75) is 38.0 Å². The van der Waals surface area contributed by atoms with Crippen LogP contribution < -0.4 is 10.1 Å². The van der Waals surface area contributed by atoms with Crippen LogP contribution in [0.25, 0.3) is 0 Å². The molecule has 6 heteroatoms. The lowest BCUT2D eigenvalue weighted by molar-refractivity contribution is 0.00965. The number of hydrogen-bond donors (Lipinski definition) is 1. The minimum absolute atomic E-state index is 0.107. The molecular formula is C23H28N4O2. The molecule has 1 aliphatic rings. The second-order valence-electron chi connectivity index (χ2n) is 7.44. The summed E-state index contributed by atoms with van der Waals surface area (Å²) in [4.78, 5) is 0. The summed E-state index contributed by atoms with van der Waals surface area (Å²) in [6.45, 7) is 3.25. The zero-order valence-electron chi connectivity index (χ0n) is 16.8. The molecule has 1 fully saturated rings. The Morgan fingerprint density at radius 2 is 1.90 bits per heavy atom. The fourth-order valence-electron chi connectivity index (χ4n) is 3.75. The highest BCUT2D eigenvalue weighted by atomic mass is 16.5. The molecule has 0 aliphatic carbocycles. The Bertz CT molecular complexity index is 879. The van der Waals surface area contributed by atoms with E-state index in [1.807, 2.05) is 35.0 Å². The fraction of sp³-hybridized carbons (Fsp3) is 0.391. The Kier molecular flexibility index (Phi) is 6.54. The van der Waals surface area contributed by atoms with Gasteiger partial charge in [0.15, 0.2) is 0 Å². The number of piperidine rings is 1. The zero-order chi connectivity index (χ0) is 19.9. The predicted octanol–water partition coefficient (Wildman–Crippen LogP) is 3.19. The third-order valence-electron chi connectivity index (χ3n) is 5.46. The van der Waals surface area contributed by atoms with Crippen molar-refractivity contribution < 1.29 is 9.47 Å². The van der Waals surface area contributed by atoms with Crippen molar-refractivity contribution in [2.75, 3.05) is 20.2 Å². The number of aromatic nitrogens is 3. The molecule has 4 rings (SSSR count). The SMILES string of the molecule is COc1ccc(CCn2cc([C@H]3CCNC[C@@H]3OCc3ccccc3)nn2)cc1. The average Bonchev–Trinajstić information content (AvgIpc) is 3.26. The van der Waals surface area contributed by atoms with Gasteiger partial charge in [-0.15, -0.1) is 5.10 Å². The molecule has 1 aromatic heterocycles. The molecule has 0 unspecified atom stereocenters. The second-order valence-corrected chi connectivity index (χ2v) is 7.44. The first-order chi connectivity index (χ1) is 14.3. The summed E-state index contributed by atoms with van der Waals surface area (Å²) >= 11 is 0. The maximum atomic E-state index is 6.25. The normalized spacial score (nSPS) is 19.2. The molecule has 0 bridgehead atoms. The van der Waals surface area contributed by atoms with E-state index in [0.29, 0.717) is 6.61 Å². The van der Waals surface area contributed by atoms with Gasteiger partial charge in [0.1, 0.15) is 5.75 Å². The van der Waals surface area contributed by atoms with Crippen molar-refractivity contribution in [3.05, 3.63) is 77.6 Å². The van der Waals surface area contributed by atoms with Crippen molar-refractivity contribution >= 4 is 0 Å². The number of benzene rings is 2. The number of nitrogens with zero attached hydrogens (tertiary/aromatic N) is 3. The van der Waals surface area contributed by atoms with E-state index in [9.17, 15) is 0 Å². The lowest BCUT2D eigenvalue weighted by atomic mass is 9.92. The highest BCUT2D eigenvalue weighted by Gasteiger charge is 2.29. The van der Waals surface area contributed by atoms with Crippen molar-refractivity contribution in [1.29, 1.82) is 0 Å². The van der Waals surface area contributed by atoms with Crippen molar-refractivity contribution in [2.24, 2.45) is 0 Å². The summed E-state index contributed by atoms with van der Waals surface area (Å²) in [6, 6.07) is 18.5. The maximum Gasteiger partial charge on any atom is 0.118 e. The highest BCUT2D eigenvalue weighted by Crippen LogP contribution is 2.27. The smallest absolute Gasteiger partial charge is 0.118 e. The van der Waals surface area contributed by atoms with Crippen LogP contribution in [0.15, 0.2) is 60.8 Å². The van der Waals surface area contributed by atoms with E-state index in [1.54, 1.807) is 7.11 Å². The molecule has 6 nitrogen and oxygen atoms in total. The molecule has 152 valence electrons. The van der Waals surface area contributed by atoms with E-state index in [4.69, 9.17) is 9.47 Å². The van der Waals surface area contributed by atoms with Gasteiger partial charge in [-0.1, -0.05) is 47.7 Å². The molecular weight excluding hydrogens is 364 g/mol. The molecule has 1 N–H and O–H groups in total. The van der Waals surface area contributed by atoms with Gasteiger partial charge in [-0.2, -0.15) is 0 Å². The largest absolute Gasteiger partial charge is 0.497 e. The third kappa shape index (κ3) is 5.22. The molecule has 0 amide bonds. The van der Waals surface area contributed by atoms with Gasteiger partial charge in [-0.25, -0.2) is 0 Å². The fourth-order valence-corrected chi connectivity index (χ4v) is 3.75. The van der Waals surface area contributed by atoms with E-state index in [-0.39, 0.29) is 12.0 Å². The molecule has 3 aromatic rings. The van der Waals surface area contributed by atoms with Crippen LogP contribution in [-0.4, -0.2) is 41.3 Å². The van der Waals surface area contributed by atoms with Crippen LogP contribution >= 0.6 is 0 Å². The van der Waals surface area contributed by atoms with Gasteiger partial charge in [0.25, 0.3) is 0 Å². The molecule has 0 saturated carbocycles. The van der Waals surface area contributed by atoms with Gasteiger partial charge >= 0.3 is 0 Å². The second kappa shape index (κ2) is 9.67. The van der Waals surface area contributed by atoms with Crippen molar-refractivity contribution in [3.8, 4) is 5.75 Å². The van der Waals surface area contributed by atoms with Gasteiger partial charge in [-0.05, 0) is 42.6 Å². The van der Waals surface area contributed by atoms with Crippen LogP contribution in [0.3, 0.4) is 0 Å². The quantitative estimate of drug-likeness (QED) is 0.638. The molecule has 2 aromatic carbocycles. The number of hydrogen-bond acceptors (Lipinski definition) is 5. The average molecular weight is 393 g/mol. The molecule has 1 aliphatic heterocycles. The summed E-state index contributed by atoms with van der Waals surface area (Å²) in [5, 5.41) is 12.3. The van der Waals surface area contributed by atoms with Crippen LogP contribution in [0.2, 0.25) is 0 Å². The Balaban J connectivity index is 1.35. The predicted molar refractivity (Wildman–Crippen MR) is 112 cm³/mol. The molecule has 29 heavy (non-hydrogen) atoms. The van der Waals surface area contributed by atoms with Crippen molar-refractivity contribution in [3.63, 3.8) is 0 Å². The monoisotopic (exact) mass is 392 g/mol. The Morgan fingerprint density at radius 1 is 1.07 bits per heavy atom. The van der Waals surface area contributed by atoms with Gasteiger partial charge in [0.05, 0.1) is 25.5 Å². The number of methoxy groups -OCH3 is 1. The van der Waals surface area contributed by atoms with E-state index >= 15 is 0 Å². The van der Waals surface area contributed by atoms with Crippen LogP contribution in [0.1, 0.15) is 29.2 Å². The summed E-state index contributed by atoms with van der Waals surface area (Å²) in [7, 11) is 1.68. The number of aryl methyl sites for hydroxylation is 2.